The minimum absolute atomic E-state index is 0.0629. The quantitative estimate of drug-likeness (QED) is 0.636. The highest BCUT2D eigenvalue weighted by Crippen LogP contribution is 2.31. The Morgan fingerprint density at radius 3 is 2.38 bits per heavy atom. The van der Waals surface area contributed by atoms with E-state index in [1.165, 1.54) is 0 Å². The molecule has 0 fully saturated rings. The molecule has 2 aromatic carbocycles. The van der Waals surface area contributed by atoms with Crippen LogP contribution in [0.15, 0.2) is 42.5 Å². The standard InChI is InChI=1S/C16H19ClN2O2/c1-20-13-7-8-14(16(10-13)21-2)15(19-18)9-11-3-5-12(17)6-4-11/h3-8,10,15,19H,9,18H2,1-2H3. The number of methoxy groups -OCH3 is 2. The molecule has 0 radical (unpaired) electrons. The van der Waals surface area contributed by atoms with E-state index in [0.717, 1.165) is 34.1 Å². The summed E-state index contributed by atoms with van der Waals surface area (Å²) in [5.74, 6) is 7.20. The van der Waals surface area contributed by atoms with Crippen LogP contribution in [0.3, 0.4) is 0 Å². The lowest BCUT2D eigenvalue weighted by Crippen LogP contribution is -2.29. The maximum atomic E-state index is 5.91. The van der Waals surface area contributed by atoms with Crippen LogP contribution in [0.4, 0.5) is 0 Å². The van der Waals surface area contributed by atoms with Gasteiger partial charge < -0.3 is 9.47 Å². The van der Waals surface area contributed by atoms with Crippen molar-refractivity contribution in [3.8, 4) is 11.5 Å². The highest BCUT2D eigenvalue weighted by molar-refractivity contribution is 6.30. The highest BCUT2D eigenvalue weighted by atomic mass is 35.5. The Hall–Kier alpha value is -1.75. The third-order valence-corrected chi connectivity index (χ3v) is 3.62. The largest absolute Gasteiger partial charge is 0.497 e. The second-order valence-corrected chi connectivity index (χ2v) is 5.09. The summed E-state index contributed by atoms with van der Waals surface area (Å²) in [6.45, 7) is 0. The number of nitrogens with two attached hydrogens (primary N) is 1. The molecule has 0 saturated heterocycles. The third kappa shape index (κ3) is 3.88. The Labute approximate surface area is 129 Å². The van der Waals surface area contributed by atoms with Crippen LogP contribution in [-0.4, -0.2) is 14.2 Å². The molecule has 112 valence electrons. The van der Waals surface area contributed by atoms with Crippen LogP contribution in [-0.2, 0) is 6.42 Å². The number of hydrogen-bond donors (Lipinski definition) is 2. The molecule has 4 nitrogen and oxygen atoms in total. The first-order chi connectivity index (χ1) is 10.2. The third-order valence-electron chi connectivity index (χ3n) is 3.37. The van der Waals surface area contributed by atoms with Crippen LogP contribution in [0.2, 0.25) is 5.02 Å². The first kappa shape index (κ1) is 15.6. The van der Waals surface area contributed by atoms with E-state index in [9.17, 15) is 0 Å². The van der Waals surface area contributed by atoms with Crippen molar-refractivity contribution >= 4 is 11.6 Å². The molecule has 2 rings (SSSR count). The average Bonchev–Trinajstić information content (AvgIpc) is 2.53. The van der Waals surface area contributed by atoms with E-state index in [0.29, 0.717) is 0 Å². The molecule has 0 spiro atoms. The van der Waals surface area contributed by atoms with Crippen molar-refractivity contribution in [2.45, 2.75) is 12.5 Å². The number of hydrogen-bond acceptors (Lipinski definition) is 4. The minimum Gasteiger partial charge on any atom is -0.497 e. The van der Waals surface area contributed by atoms with Crippen molar-refractivity contribution in [2.24, 2.45) is 5.84 Å². The first-order valence-corrected chi connectivity index (χ1v) is 6.98. The van der Waals surface area contributed by atoms with E-state index in [1.807, 2.05) is 42.5 Å². The number of hydrazine groups is 1. The highest BCUT2D eigenvalue weighted by Gasteiger charge is 2.16. The SMILES string of the molecule is COc1ccc(C(Cc2ccc(Cl)cc2)NN)c(OC)c1. The molecule has 3 N–H and O–H groups in total. The van der Waals surface area contributed by atoms with Crippen molar-refractivity contribution in [1.82, 2.24) is 5.43 Å². The number of ether oxygens (including phenoxy) is 2. The molecule has 21 heavy (non-hydrogen) atoms. The fourth-order valence-corrected chi connectivity index (χ4v) is 2.35. The fraction of sp³-hybridized carbons (Fsp3) is 0.250. The molecule has 1 atom stereocenters. The lowest BCUT2D eigenvalue weighted by molar-refractivity contribution is 0.384. The first-order valence-electron chi connectivity index (χ1n) is 6.60. The van der Waals surface area contributed by atoms with Gasteiger partial charge in [0.2, 0.25) is 0 Å². The second kappa shape index (κ2) is 7.31. The van der Waals surface area contributed by atoms with Crippen LogP contribution in [0.1, 0.15) is 17.2 Å². The summed E-state index contributed by atoms with van der Waals surface area (Å²) in [5.41, 5.74) is 4.96. The summed E-state index contributed by atoms with van der Waals surface area (Å²) < 4.78 is 10.6. The van der Waals surface area contributed by atoms with Gasteiger partial charge in [0.1, 0.15) is 11.5 Å². The van der Waals surface area contributed by atoms with E-state index < -0.39 is 0 Å². The molecule has 0 bridgehead atoms. The van der Waals surface area contributed by atoms with Crippen LogP contribution in [0.5, 0.6) is 11.5 Å². The molecular weight excluding hydrogens is 288 g/mol. The lowest BCUT2D eigenvalue weighted by Gasteiger charge is -2.20. The zero-order valence-electron chi connectivity index (χ0n) is 12.1. The van der Waals surface area contributed by atoms with Crippen molar-refractivity contribution in [3.63, 3.8) is 0 Å². The lowest BCUT2D eigenvalue weighted by atomic mass is 9.98. The number of nitrogens with one attached hydrogen (secondary N) is 1. The maximum Gasteiger partial charge on any atom is 0.127 e. The van der Waals surface area contributed by atoms with Crippen molar-refractivity contribution < 1.29 is 9.47 Å². The van der Waals surface area contributed by atoms with E-state index in [4.69, 9.17) is 26.9 Å². The van der Waals surface area contributed by atoms with Gasteiger partial charge in [-0.1, -0.05) is 29.8 Å². The van der Waals surface area contributed by atoms with E-state index in [-0.39, 0.29) is 6.04 Å². The maximum absolute atomic E-state index is 5.91. The molecule has 2 aromatic rings. The average molecular weight is 307 g/mol. The monoisotopic (exact) mass is 306 g/mol. The predicted octanol–water partition coefficient (Wildman–Crippen LogP) is 3.10. The number of rotatable bonds is 6. The van der Waals surface area contributed by atoms with Gasteiger partial charge in [-0.15, -0.1) is 0 Å². The van der Waals surface area contributed by atoms with Gasteiger partial charge in [-0.3, -0.25) is 11.3 Å². The minimum atomic E-state index is -0.0629. The fourth-order valence-electron chi connectivity index (χ4n) is 2.22. The second-order valence-electron chi connectivity index (χ2n) is 4.66. The molecule has 5 heteroatoms. The van der Waals surface area contributed by atoms with Gasteiger partial charge in [-0.2, -0.15) is 0 Å². The van der Waals surface area contributed by atoms with E-state index in [2.05, 4.69) is 5.43 Å². The normalized spacial score (nSPS) is 12.0. The molecular formula is C16H19ClN2O2. The predicted molar refractivity (Wildman–Crippen MR) is 84.8 cm³/mol. The van der Waals surface area contributed by atoms with Crippen LogP contribution < -0.4 is 20.7 Å². The Morgan fingerprint density at radius 2 is 1.81 bits per heavy atom. The molecule has 0 aliphatic rings. The Morgan fingerprint density at radius 1 is 1.10 bits per heavy atom. The summed E-state index contributed by atoms with van der Waals surface area (Å²) in [4.78, 5) is 0. The topological polar surface area (TPSA) is 56.5 Å². The van der Waals surface area contributed by atoms with Crippen LogP contribution in [0.25, 0.3) is 0 Å². The zero-order valence-corrected chi connectivity index (χ0v) is 12.9. The molecule has 0 amide bonds. The molecule has 0 saturated carbocycles. The van der Waals surface area contributed by atoms with Gasteiger partial charge in [0, 0.05) is 16.7 Å². The Balaban J connectivity index is 2.26. The van der Waals surface area contributed by atoms with Gasteiger partial charge in [0.15, 0.2) is 0 Å². The zero-order chi connectivity index (χ0) is 15.2. The van der Waals surface area contributed by atoms with Gasteiger partial charge in [-0.05, 0) is 30.2 Å². The molecule has 0 aliphatic carbocycles. The number of halogens is 1. The van der Waals surface area contributed by atoms with Gasteiger partial charge in [0.25, 0.3) is 0 Å². The number of benzene rings is 2. The summed E-state index contributed by atoms with van der Waals surface area (Å²) in [5, 5.41) is 0.720. The molecule has 0 heterocycles. The van der Waals surface area contributed by atoms with E-state index >= 15 is 0 Å². The summed E-state index contributed by atoms with van der Waals surface area (Å²) in [6, 6.07) is 13.4. The van der Waals surface area contributed by atoms with Crippen molar-refractivity contribution in [3.05, 3.63) is 58.6 Å². The van der Waals surface area contributed by atoms with E-state index in [1.54, 1.807) is 14.2 Å². The van der Waals surface area contributed by atoms with Gasteiger partial charge in [0.05, 0.1) is 20.3 Å². The van der Waals surface area contributed by atoms with Crippen molar-refractivity contribution in [2.75, 3.05) is 14.2 Å². The van der Waals surface area contributed by atoms with Crippen LogP contribution in [0, 0.1) is 0 Å². The van der Waals surface area contributed by atoms with Gasteiger partial charge in [-0.25, -0.2) is 0 Å². The van der Waals surface area contributed by atoms with Crippen molar-refractivity contribution in [1.29, 1.82) is 0 Å². The molecule has 0 aliphatic heterocycles. The smallest absolute Gasteiger partial charge is 0.127 e. The van der Waals surface area contributed by atoms with Gasteiger partial charge >= 0.3 is 0 Å². The summed E-state index contributed by atoms with van der Waals surface area (Å²) in [6.07, 6.45) is 0.732. The molecule has 0 aromatic heterocycles. The Bertz CT molecular complexity index is 587. The summed E-state index contributed by atoms with van der Waals surface area (Å²) in [7, 11) is 3.26. The molecule has 1 unspecified atom stereocenters. The van der Waals surface area contributed by atoms with Crippen LogP contribution >= 0.6 is 11.6 Å². The Kier molecular flexibility index (Phi) is 5.44. The summed E-state index contributed by atoms with van der Waals surface area (Å²) >= 11 is 5.91.